The zero-order chi connectivity index (χ0) is 15.9. The van der Waals surface area contributed by atoms with Gasteiger partial charge in [0.15, 0.2) is 0 Å². The van der Waals surface area contributed by atoms with Gasteiger partial charge in [0.05, 0.1) is 5.52 Å². The van der Waals surface area contributed by atoms with Gasteiger partial charge in [0.1, 0.15) is 12.1 Å². The van der Waals surface area contributed by atoms with Crippen molar-refractivity contribution >= 4 is 56.6 Å². The van der Waals surface area contributed by atoms with Gasteiger partial charge >= 0.3 is 0 Å². The van der Waals surface area contributed by atoms with E-state index in [1.54, 1.807) is 6.33 Å². The Balaban J connectivity index is 2.23. The van der Waals surface area contributed by atoms with E-state index in [1.165, 1.54) is 14.7 Å². The zero-order valence-electron chi connectivity index (χ0n) is 12.6. The predicted molar refractivity (Wildman–Crippen MR) is 101 cm³/mol. The summed E-state index contributed by atoms with van der Waals surface area (Å²) in [5.74, 6) is 0.883. The van der Waals surface area contributed by atoms with Gasteiger partial charge in [-0.15, -0.1) is 0 Å². The molecule has 22 heavy (non-hydrogen) atoms. The van der Waals surface area contributed by atoms with Crippen LogP contribution in [0.4, 0.5) is 11.5 Å². The van der Waals surface area contributed by atoms with Crippen LogP contribution in [-0.4, -0.2) is 17.0 Å². The van der Waals surface area contributed by atoms with E-state index in [0.29, 0.717) is 5.02 Å². The van der Waals surface area contributed by atoms with Crippen molar-refractivity contribution < 1.29 is 0 Å². The van der Waals surface area contributed by atoms with Crippen molar-refractivity contribution in [3.8, 4) is 0 Å². The van der Waals surface area contributed by atoms with Gasteiger partial charge in [-0.3, -0.25) is 0 Å². The molecule has 0 aliphatic heterocycles. The summed E-state index contributed by atoms with van der Waals surface area (Å²) < 4.78 is 1.18. The van der Waals surface area contributed by atoms with Crippen LogP contribution in [0.3, 0.4) is 0 Å². The normalized spacial score (nSPS) is 11.0. The molecule has 0 unspecified atom stereocenters. The summed E-state index contributed by atoms with van der Waals surface area (Å²) in [6, 6.07) is 9.92. The molecule has 3 rings (SSSR count). The Morgan fingerprint density at radius 1 is 1.14 bits per heavy atom. The van der Waals surface area contributed by atoms with Gasteiger partial charge in [-0.1, -0.05) is 17.7 Å². The Bertz CT molecular complexity index is 864. The largest absolute Gasteiger partial charge is 0.329 e. The quantitative estimate of drug-likeness (QED) is 0.526. The summed E-state index contributed by atoms with van der Waals surface area (Å²) in [7, 11) is 2.00. The third-order valence-electron chi connectivity index (χ3n) is 3.87. The molecule has 0 N–H and O–H groups in total. The van der Waals surface area contributed by atoms with Crippen molar-refractivity contribution in [1.29, 1.82) is 0 Å². The molecule has 0 atom stereocenters. The maximum atomic E-state index is 6.11. The van der Waals surface area contributed by atoms with E-state index in [1.807, 2.05) is 36.2 Å². The maximum absolute atomic E-state index is 6.11. The van der Waals surface area contributed by atoms with Crippen molar-refractivity contribution in [1.82, 2.24) is 9.97 Å². The standard InChI is InChI=1S/C17H15ClIN3/c1-10-7-14-16(15(19)11(10)2)20-9-21-17(14)22(3)13-6-4-5-12(18)8-13/h4-9H,1-3H3. The Morgan fingerprint density at radius 2 is 1.91 bits per heavy atom. The number of benzene rings is 2. The van der Waals surface area contributed by atoms with E-state index in [0.717, 1.165) is 22.4 Å². The summed E-state index contributed by atoms with van der Waals surface area (Å²) in [6.45, 7) is 4.24. The topological polar surface area (TPSA) is 29.0 Å². The first-order chi connectivity index (χ1) is 10.5. The smallest absolute Gasteiger partial charge is 0.144 e. The highest BCUT2D eigenvalue weighted by Crippen LogP contribution is 2.33. The summed E-state index contributed by atoms with van der Waals surface area (Å²) in [5, 5.41) is 1.77. The lowest BCUT2D eigenvalue weighted by atomic mass is 10.1. The van der Waals surface area contributed by atoms with Gasteiger partial charge in [-0.05, 0) is 71.8 Å². The van der Waals surface area contributed by atoms with Gasteiger partial charge in [-0.2, -0.15) is 0 Å². The van der Waals surface area contributed by atoms with Gasteiger partial charge in [0.2, 0.25) is 0 Å². The molecule has 3 aromatic rings. The average molecular weight is 424 g/mol. The van der Waals surface area contributed by atoms with Gasteiger partial charge in [-0.25, -0.2) is 9.97 Å². The minimum atomic E-state index is 0.712. The molecule has 0 aliphatic carbocycles. The minimum absolute atomic E-state index is 0.712. The van der Waals surface area contributed by atoms with Gasteiger partial charge < -0.3 is 4.90 Å². The van der Waals surface area contributed by atoms with E-state index in [4.69, 9.17) is 11.6 Å². The van der Waals surface area contributed by atoms with Gasteiger partial charge in [0.25, 0.3) is 0 Å². The monoisotopic (exact) mass is 423 g/mol. The Kier molecular flexibility index (Phi) is 4.23. The lowest BCUT2D eigenvalue weighted by Crippen LogP contribution is -2.12. The van der Waals surface area contributed by atoms with E-state index < -0.39 is 0 Å². The second-order valence-electron chi connectivity index (χ2n) is 5.26. The molecule has 1 aromatic heterocycles. The second-order valence-corrected chi connectivity index (χ2v) is 6.78. The molecule has 0 fully saturated rings. The fourth-order valence-electron chi connectivity index (χ4n) is 2.44. The first-order valence-corrected chi connectivity index (χ1v) is 8.34. The summed E-state index contributed by atoms with van der Waals surface area (Å²) >= 11 is 8.46. The summed E-state index contributed by atoms with van der Waals surface area (Å²) in [6.07, 6.45) is 1.62. The number of aryl methyl sites for hydroxylation is 1. The average Bonchev–Trinajstić information content (AvgIpc) is 2.52. The van der Waals surface area contributed by atoms with Crippen LogP contribution in [0.5, 0.6) is 0 Å². The van der Waals surface area contributed by atoms with E-state index in [-0.39, 0.29) is 0 Å². The molecule has 0 bridgehead atoms. The first-order valence-electron chi connectivity index (χ1n) is 6.88. The van der Waals surface area contributed by atoms with Crippen molar-refractivity contribution in [3.05, 3.63) is 56.4 Å². The zero-order valence-corrected chi connectivity index (χ0v) is 15.5. The molecule has 0 aliphatic rings. The number of anilines is 2. The molecule has 2 aromatic carbocycles. The number of hydrogen-bond acceptors (Lipinski definition) is 3. The molecule has 0 amide bonds. The number of nitrogens with zero attached hydrogens (tertiary/aromatic N) is 3. The van der Waals surface area contributed by atoms with Crippen LogP contribution in [0.25, 0.3) is 10.9 Å². The number of aromatic nitrogens is 2. The van der Waals surface area contributed by atoms with Crippen LogP contribution in [0, 0.1) is 17.4 Å². The number of halogens is 2. The highest BCUT2D eigenvalue weighted by Gasteiger charge is 2.14. The van der Waals surface area contributed by atoms with Crippen LogP contribution in [-0.2, 0) is 0 Å². The lowest BCUT2D eigenvalue weighted by Gasteiger charge is -2.21. The Hall–Kier alpha value is -1.40. The number of rotatable bonds is 2. The van der Waals surface area contributed by atoms with E-state index in [2.05, 4.69) is 52.5 Å². The second kappa shape index (κ2) is 6.01. The molecule has 112 valence electrons. The van der Waals surface area contributed by atoms with Crippen LogP contribution in [0.2, 0.25) is 5.02 Å². The first kappa shape index (κ1) is 15.5. The fraction of sp³-hybridized carbons (Fsp3) is 0.176. The molecule has 3 nitrogen and oxygen atoms in total. The van der Waals surface area contributed by atoms with Crippen LogP contribution >= 0.6 is 34.2 Å². The molecule has 0 saturated carbocycles. The van der Waals surface area contributed by atoms with Crippen molar-refractivity contribution in [3.63, 3.8) is 0 Å². The highest BCUT2D eigenvalue weighted by molar-refractivity contribution is 14.1. The highest BCUT2D eigenvalue weighted by atomic mass is 127. The summed E-state index contributed by atoms with van der Waals surface area (Å²) in [4.78, 5) is 11.0. The molecule has 0 spiro atoms. The van der Waals surface area contributed by atoms with E-state index >= 15 is 0 Å². The van der Waals surface area contributed by atoms with Crippen molar-refractivity contribution in [2.24, 2.45) is 0 Å². The van der Waals surface area contributed by atoms with Gasteiger partial charge in [0, 0.05) is 26.7 Å². The van der Waals surface area contributed by atoms with Crippen molar-refractivity contribution in [2.45, 2.75) is 13.8 Å². The summed E-state index contributed by atoms with van der Waals surface area (Å²) in [5.41, 5.74) is 4.50. The predicted octanol–water partition coefficient (Wildman–Crippen LogP) is 5.27. The van der Waals surface area contributed by atoms with Crippen LogP contribution < -0.4 is 4.90 Å². The number of hydrogen-bond donors (Lipinski definition) is 0. The fourth-order valence-corrected chi connectivity index (χ4v) is 3.48. The minimum Gasteiger partial charge on any atom is -0.329 e. The molecule has 0 radical (unpaired) electrons. The Morgan fingerprint density at radius 3 is 2.64 bits per heavy atom. The number of fused-ring (bicyclic) bond motifs is 1. The molecule has 1 heterocycles. The molecule has 0 saturated heterocycles. The third kappa shape index (κ3) is 2.65. The van der Waals surface area contributed by atoms with Crippen molar-refractivity contribution in [2.75, 3.05) is 11.9 Å². The Labute approximate surface area is 148 Å². The van der Waals surface area contributed by atoms with E-state index in [9.17, 15) is 0 Å². The lowest BCUT2D eigenvalue weighted by molar-refractivity contribution is 1.11. The maximum Gasteiger partial charge on any atom is 0.144 e. The SMILES string of the molecule is Cc1cc2c(N(C)c3cccc(Cl)c3)ncnc2c(I)c1C. The van der Waals surface area contributed by atoms with Crippen LogP contribution in [0.1, 0.15) is 11.1 Å². The molecular formula is C17H15ClIN3. The molecular weight excluding hydrogens is 409 g/mol. The molecule has 5 heteroatoms. The third-order valence-corrected chi connectivity index (χ3v) is 5.42. The van der Waals surface area contributed by atoms with Crippen LogP contribution in [0.15, 0.2) is 36.7 Å².